The van der Waals surface area contributed by atoms with E-state index in [0.29, 0.717) is 30.6 Å². The SMILES string of the molecule is C=CC1=C(/C=C(\C)OC[C@H]2CN(CCC)C[C@H]2c2ccccc2)C(=O)NC1. The highest BCUT2D eigenvalue weighted by molar-refractivity contribution is 6.00. The van der Waals surface area contributed by atoms with Gasteiger partial charge in [0.1, 0.15) is 0 Å². The highest BCUT2D eigenvalue weighted by Crippen LogP contribution is 2.33. The quantitative estimate of drug-likeness (QED) is 0.714. The fourth-order valence-electron chi connectivity index (χ4n) is 4.04. The predicted octanol–water partition coefficient (Wildman–Crippen LogP) is 3.64. The van der Waals surface area contributed by atoms with Gasteiger partial charge in [-0.05, 0) is 37.1 Å². The molecule has 144 valence electrons. The molecule has 2 heterocycles. The van der Waals surface area contributed by atoms with Crippen molar-refractivity contribution in [1.82, 2.24) is 10.2 Å². The van der Waals surface area contributed by atoms with E-state index in [0.717, 1.165) is 31.0 Å². The first kappa shape index (κ1) is 19.4. The second kappa shape index (κ2) is 9.05. The summed E-state index contributed by atoms with van der Waals surface area (Å²) >= 11 is 0. The number of allylic oxidation sites excluding steroid dienone is 1. The van der Waals surface area contributed by atoms with Crippen LogP contribution in [0, 0.1) is 5.92 Å². The summed E-state index contributed by atoms with van der Waals surface area (Å²) in [6, 6.07) is 10.7. The molecule has 0 bridgehead atoms. The van der Waals surface area contributed by atoms with Crippen LogP contribution in [-0.2, 0) is 9.53 Å². The van der Waals surface area contributed by atoms with Crippen molar-refractivity contribution < 1.29 is 9.53 Å². The lowest BCUT2D eigenvalue weighted by Gasteiger charge is -2.19. The van der Waals surface area contributed by atoms with Crippen molar-refractivity contribution in [1.29, 1.82) is 0 Å². The van der Waals surface area contributed by atoms with Crippen molar-refractivity contribution in [3.8, 4) is 0 Å². The number of amides is 1. The smallest absolute Gasteiger partial charge is 0.252 e. The zero-order valence-corrected chi connectivity index (χ0v) is 16.4. The van der Waals surface area contributed by atoms with Crippen LogP contribution in [0.15, 0.2) is 66.0 Å². The van der Waals surface area contributed by atoms with Gasteiger partial charge in [-0.3, -0.25) is 4.79 Å². The summed E-state index contributed by atoms with van der Waals surface area (Å²) < 4.78 is 6.09. The maximum Gasteiger partial charge on any atom is 0.252 e. The monoisotopic (exact) mass is 366 g/mol. The molecule has 1 amide bonds. The van der Waals surface area contributed by atoms with Gasteiger partial charge in [0.15, 0.2) is 0 Å². The Hall–Kier alpha value is -2.33. The molecular weight excluding hydrogens is 336 g/mol. The van der Waals surface area contributed by atoms with Crippen molar-refractivity contribution in [3.63, 3.8) is 0 Å². The minimum absolute atomic E-state index is 0.0509. The Labute approximate surface area is 162 Å². The van der Waals surface area contributed by atoms with E-state index in [1.54, 1.807) is 6.08 Å². The van der Waals surface area contributed by atoms with Gasteiger partial charge < -0.3 is 15.0 Å². The Morgan fingerprint density at radius 1 is 1.33 bits per heavy atom. The van der Waals surface area contributed by atoms with Crippen molar-refractivity contribution >= 4 is 5.91 Å². The minimum atomic E-state index is -0.0509. The second-order valence-corrected chi connectivity index (χ2v) is 7.43. The number of carbonyl (C=O) groups is 1. The highest BCUT2D eigenvalue weighted by atomic mass is 16.5. The van der Waals surface area contributed by atoms with Crippen LogP contribution in [0.5, 0.6) is 0 Å². The Balaban J connectivity index is 1.68. The predicted molar refractivity (Wildman–Crippen MR) is 109 cm³/mol. The third-order valence-corrected chi connectivity index (χ3v) is 5.43. The van der Waals surface area contributed by atoms with Gasteiger partial charge in [0.25, 0.3) is 5.91 Å². The Bertz CT molecular complexity index is 736. The lowest BCUT2D eigenvalue weighted by atomic mass is 9.89. The number of hydrogen-bond donors (Lipinski definition) is 1. The first-order valence-corrected chi connectivity index (χ1v) is 9.84. The summed E-state index contributed by atoms with van der Waals surface area (Å²) in [4.78, 5) is 14.5. The van der Waals surface area contributed by atoms with Gasteiger partial charge in [-0.1, -0.05) is 49.9 Å². The van der Waals surface area contributed by atoms with Crippen LogP contribution in [0.25, 0.3) is 0 Å². The maximum atomic E-state index is 12.0. The summed E-state index contributed by atoms with van der Waals surface area (Å²) in [5, 5.41) is 2.83. The van der Waals surface area contributed by atoms with Crippen LogP contribution in [0.4, 0.5) is 0 Å². The largest absolute Gasteiger partial charge is 0.498 e. The van der Waals surface area contributed by atoms with Crippen molar-refractivity contribution in [3.05, 3.63) is 71.5 Å². The summed E-state index contributed by atoms with van der Waals surface area (Å²) in [6.07, 6.45) is 4.75. The average Bonchev–Trinajstić information content (AvgIpc) is 3.25. The molecule has 0 radical (unpaired) electrons. The summed E-state index contributed by atoms with van der Waals surface area (Å²) in [6.45, 7) is 12.4. The molecule has 1 aromatic carbocycles. The molecule has 0 aromatic heterocycles. The Kier molecular flexibility index (Phi) is 6.51. The lowest BCUT2D eigenvalue weighted by Crippen LogP contribution is -2.22. The molecule has 0 aliphatic carbocycles. The van der Waals surface area contributed by atoms with E-state index in [4.69, 9.17) is 4.74 Å². The minimum Gasteiger partial charge on any atom is -0.498 e. The van der Waals surface area contributed by atoms with Crippen molar-refractivity contribution in [2.45, 2.75) is 26.2 Å². The molecule has 1 N–H and O–H groups in total. The van der Waals surface area contributed by atoms with E-state index in [2.05, 4.69) is 54.1 Å². The second-order valence-electron chi connectivity index (χ2n) is 7.43. The normalized spacial score (nSPS) is 23.6. The van der Waals surface area contributed by atoms with Gasteiger partial charge in [0.05, 0.1) is 12.4 Å². The van der Waals surface area contributed by atoms with Crippen LogP contribution >= 0.6 is 0 Å². The lowest BCUT2D eigenvalue weighted by molar-refractivity contribution is -0.116. The fourth-order valence-corrected chi connectivity index (χ4v) is 4.04. The third-order valence-electron chi connectivity index (χ3n) is 5.43. The molecular formula is C23H30N2O2. The summed E-state index contributed by atoms with van der Waals surface area (Å²) in [7, 11) is 0. The van der Waals surface area contributed by atoms with E-state index in [1.807, 2.05) is 13.0 Å². The Morgan fingerprint density at radius 3 is 2.81 bits per heavy atom. The molecule has 2 atom stereocenters. The standard InChI is InChI=1S/C23H30N2O2/c1-4-11-25-14-20(22(15-25)19-9-7-6-8-10-19)16-27-17(3)12-21-18(5-2)13-24-23(21)26/h5-10,12,20,22H,2,4,11,13-16H2,1,3H3,(H,24,26)/b17-12+/t20-,22+/m1/s1. The third kappa shape index (κ3) is 4.69. The molecule has 2 aliphatic heterocycles. The summed E-state index contributed by atoms with van der Waals surface area (Å²) in [5.41, 5.74) is 2.99. The van der Waals surface area contributed by atoms with Crippen LogP contribution < -0.4 is 5.32 Å². The zero-order valence-electron chi connectivity index (χ0n) is 16.4. The van der Waals surface area contributed by atoms with Gasteiger partial charge in [0, 0.05) is 37.0 Å². The molecule has 27 heavy (non-hydrogen) atoms. The first-order chi connectivity index (χ1) is 13.1. The molecule has 1 saturated heterocycles. The van der Waals surface area contributed by atoms with Crippen LogP contribution in [0.1, 0.15) is 31.7 Å². The number of nitrogens with zero attached hydrogens (tertiary/aromatic N) is 1. The highest BCUT2D eigenvalue weighted by Gasteiger charge is 2.33. The van der Waals surface area contributed by atoms with Crippen LogP contribution in [-0.4, -0.2) is 43.6 Å². The van der Waals surface area contributed by atoms with Gasteiger partial charge >= 0.3 is 0 Å². The number of carbonyl (C=O) groups excluding carboxylic acids is 1. The number of rotatable bonds is 8. The van der Waals surface area contributed by atoms with Crippen LogP contribution in [0.3, 0.4) is 0 Å². The van der Waals surface area contributed by atoms with Crippen LogP contribution in [0.2, 0.25) is 0 Å². The number of nitrogens with one attached hydrogen (secondary N) is 1. The van der Waals surface area contributed by atoms with E-state index >= 15 is 0 Å². The van der Waals surface area contributed by atoms with Gasteiger partial charge in [0.2, 0.25) is 0 Å². The maximum absolute atomic E-state index is 12.0. The van der Waals surface area contributed by atoms with E-state index in [-0.39, 0.29) is 5.91 Å². The van der Waals surface area contributed by atoms with Gasteiger partial charge in [-0.25, -0.2) is 0 Å². The Morgan fingerprint density at radius 2 is 2.11 bits per heavy atom. The molecule has 4 nitrogen and oxygen atoms in total. The van der Waals surface area contributed by atoms with Gasteiger partial charge in [-0.2, -0.15) is 0 Å². The number of likely N-dealkylation sites (tertiary alicyclic amines) is 1. The topological polar surface area (TPSA) is 41.6 Å². The fraction of sp³-hybridized carbons (Fsp3) is 0.435. The van der Waals surface area contributed by atoms with E-state index in [1.165, 1.54) is 12.0 Å². The molecule has 0 saturated carbocycles. The van der Waals surface area contributed by atoms with E-state index < -0.39 is 0 Å². The molecule has 0 unspecified atom stereocenters. The number of benzene rings is 1. The van der Waals surface area contributed by atoms with Crippen molar-refractivity contribution in [2.24, 2.45) is 5.92 Å². The van der Waals surface area contributed by atoms with Crippen molar-refractivity contribution in [2.75, 3.05) is 32.8 Å². The molecule has 3 rings (SSSR count). The van der Waals surface area contributed by atoms with E-state index in [9.17, 15) is 4.79 Å². The summed E-state index contributed by atoms with van der Waals surface area (Å²) in [5.74, 6) is 1.67. The molecule has 1 fully saturated rings. The molecule has 4 heteroatoms. The average molecular weight is 367 g/mol. The number of ether oxygens (including phenoxy) is 1. The molecule has 2 aliphatic rings. The number of hydrogen-bond acceptors (Lipinski definition) is 3. The van der Waals surface area contributed by atoms with Gasteiger partial charge in [-0.15, -0.1) is 0 Å². The zero-order chi connectivity index (χ0) is 19.2. The molecule has 0 spiro atoms. The molecule has 1 aromatic rings. The first-order valence-electron chi connectivity index (χ1n) is 9.84.